The highest BCUT2D eigenvalue weighted by Crippen LogP contribution is 2.61. The molecule has 0 heterocycles. The number of halogens is 17. The van der Waals surface area contributed by atoms with Crippen LogP contribution in [0, 0.1) is 0 Å². The molecule has 0 aromatic rings. The number of hydrogen-bond acceptors (Lipinski definition) is 0. The second kappa shape index (κ2) is 6.07. The van der Waals surface area contributed by atoms with Crippen LogP contribution in [0.15, 0.2) is 0 Å². The highest BCUT2D eigenvalue weighted by Gasteiger charge is 2.92. The molecule has 0 fully saturated rings. The van der Waals surface area contributed by atoms with Crippen molar-refractivity contribution in [1.82, 2.24) is 0 Å². The fraction of sp³-hybridized carbons (Fsp3) is 1.00. The summed E-state index contributed by atoms with van der Waals surface area (Å²) in [5, 5.41) is 0. The van der Waals surface area contributed by atoms with Crippen LogP contribution < -0.4 is 0 Å². The average molecular weight is 528 g/mol. The van der Waals surface area contributed by atoms with Crippen molar-refractivity contribution in [3.63, 3.8) is 0 Å². The van der Waals surface area contributed by atoms with E-state index in [9.17, 15) is 70.2 Å². The highest BCUT2D eigenvalue weighted by atomic mass is 127. The SMILES string of the molecule is FC(C(F)(F)I)C(F)(F)C(F)(F)C(F)(F)C(F)(F)C(F)(F)C(F)(F)F. The fourth-order valence-electron chi connectivity index (χ4n) is 1.15. The van der Waals surface area contributed by atoms with E-state index in [-0.39, 0.29) is 0 Å². The first-order chi connectivity index (χ1) is 10.4. The molecule has 0 aliphatic rings. The average Bonchev–Trinajstić information content (AvgIpc) is 2.34. The lowest BCUT2D eigenvalue weighted by molar-refractivity contribution is -0.444. The van der Waals surface area contributed by atoms with Crippen LogP contribution in [0.3, 0.4) is 0 Å². The molecule has 1 atom stereocenters. The maximum atomic E-state index is 12.9. The van der Waals surface area contributed by atoms with Gasteiger partial charge in [-0.05, 0) is 0 Å². The predicted octanol–water partition coefficient (Wildman–Crippen LogP) is 6.09. The van der Waals surface area contributed by atoms with Crippen molar-refractivity contribution in [2.45, 2.75) is 45.9 Å². The molecule has 0 N–H and O–H groups in total. The second-order valence-corrected chi connectivity index (χ2v) is 5.76. The third-order valence-corrected chi connectivity index (χ3v) is 3.11. The molecule has 0 spiro atoms. The lowest BCUT2D eigenvalue weighted by Gasteiger charge is -2.40. The van der Waals surface area contributed by atoms with Gasteiger partial charge >= 0.3 is 39.7 Å². The second-order valence-electron chi connectivity index (χ2n) is 4.32. The van der Waals surface area contributed by atoms with Gasteiger partial charge in [0.2, 0.25) is 6.17 Å². The molecule has 0 saturated heterocycles. The lowest BCUT2D eigenvalue weighted by atomic mass is 9.92. The molecule has 0 bridgehead atoms. The molecule has 0 aliphatic carbocycles. The summed E-state index contributed by atoms with van der Waals surface area (Å²) in [5.41, 5.74) is 0. The summed E-state index contributed by atoms with van der Waals surface area (Å²) in [6, 6.07) is 0. The zero-order valence-electron chi connectivity index (χ0n) is 10.5. The quantitative estimate of drug-likeness (QED) is 0.223. The molecule has 0 nitrogen and oxygen atoms in total. The van der Waals surface area contributed by atoms with E-state index in [2.05, 4.69) is 0 Å². The Bertz CT molecular complexity index is 483. The van der Waals surface area contributed by atoms with Gasteiger partial charge < -0.3 is 0 Å². The molecule has 0 rings (SSSR count). The van der Waals surface area contributed by atoms with Crippen molar-refractivity contribution in [2.75, 3.05) is 0 Å². The van der Waals surface area contributed by atoms with Gasteiger partial charge in [-0.15, -0.1) is 0 Å². The first-order valence-electron chi connectivity index (χ1n) is 5.07. The molecule has 0 aromatic carbocycles. The van der Waals surface area contributed by atoms with Crippen LogP contribution in [-0.4, -0.2) is 45.9 Å². The van der Waals surface area contributed by atoms with E-state index in [1.54, 1.807) is 0 Å². The fourth-order valence-corrected chi connectivity index (χ4v) is 1.54. The minimum absolute atomic E-state index is 0.636. The Balaban J connectivity index is 6.40. The van der Waals surface area contributed by atoms with Gasteiger partial charge in [0, 0.05) is 22.6 Å². The van der Waals surface area contributed by atoms with Crippen LogP contribution in [0.25, 0.3) is 0 Å². The summed E-state index contributed by atoms with van der Waals surface area (Å²) in [6.07, 6.45) is -13.3. The van der Waals surface area contributed by atoms with Crippen molar-refractivity contribution < 1.29 is 70.2 Å². The molecule has 0 aromatic heterocycles. The Kier molecular flexibility index (Phi) is 5.97. The Morgan fingerprint density at radius 3 is 1.00 bits per heavy atom. The molecule has 0 amide bonds. The molecule has 0 radical (unpaired) electrons. The van der Waals surface area contributed by atoms with E-state index in [0.717, 1.165) is 0 Å². The van der Waals surface area contributed by atoms with Crippen LogP contribution in [0.4, 0.5) is 70.2 Å². The third kappa shape index (κ3) is 3.44. The maximum absolute atomic E-state index is 12.9. The Hall–Kier alpha value is -0.390. The van der Waals surface area contributed by atoms with Crippen molar-refractivity contribution in [1.29, 1.82) is 0 Å². The molecule has 1 unspecified atom stereocenters. The van der Waals surface area contributed by atoms with Crippen LogP contribution in [0.1, 0.15) is 0 Å². The molecule has 0 saturated carbocycles. The van der Waals surface area contributed by atoms with Gasteiger partial charge in [-0.1, -0.05) is 0 Å². The Morgan fingerprint density at radius 2 is 0.760 bits per heavy atom. The monoisotopic (exact) mass is 528 g/mol. The van der Waals surface area contributed by atoms with Gasteiger partial charge in [0.1, 0.15) is 0 Å². The predicted molar refractivity (Wildman–Crippen MR) is 54.7 cm³/mol. The molecule has 25 heavy (non-hydrogen) atoms. The maximum Gasteiger partial charge on any atom is 0.460 e. The lowest BCUT2D eigenvalue weighted by Crippen LogP contribution is -2.72. The molecule has 17 heteroatoms. The minimum Gasteiger partial charge on any atom is -0.233 e. The van der Waals surface area contributed by atoms with Gasteiger partial charge in [0.05, 0.1) is 0 Å². The zero-order valence-corrected chi connectivity index (χ0v) is 12.7. The van der Waals surface area contributed by atoms with Gasteiger partial charge in [-0.25, -0.2) is 4.39 Å². The van der Waals surface area contributed by atoms with Gasteiger partial charge in [-0.3, -0.25) is 0 Å². The largest absolute Gasteiger partial charge is 0.460 e. The first kappa shape index (κ1) is 24.6. The van der Waals surface area contributed by atoms with E-state index >= 15 is 0 Å². The zero-order chi connectivity index (χ0) is 21.1. The topological polar surface area (TPSA) is 0 Å². The van der Waals surface area contributed by atoms with E-state index < -0.39 is 68.5 Å². The molecule has 152 valence electrons. The highest BCUT2D eigenvalue weighted by molar-refractivity contribution is 14.1. The van der Waals surface area contributed by atoms with E-state index in [1.165, 1.54) is 0 Å². The van der Waals surface area contributed by atoms with Crippen LogP contribution in [-0.2, 0) is 0 Å². The normalized spacial score (nSPS) is 17.6. The van der Waals surface area contributed by atoms with E-state index in [4.69, 9.17) is 0 Å². The minimum atomic E-state index is -8.30. The summed E-state index contributed by atoms with van der Waals surface area (Å²) in [4.78, 5) is 0. The first-order valence-corrected chi connectivity index (χ1v) is 6.15. The third-order valence-electron chi connectivity index (χ3n) is 2.56. The van der Waals surface area contributed by atoms with E-state index in [0.29, 0.717) is 0 Å². The summed E-state index contributed by atoms with van der Waals surface area (Å²) >= 11 is -0.636. The molecular weight excluding hydrogens is 527 g/mol. The standard InChI is InChI=1S/C8HF16I/c9-1(3(12,13)25)2(10,11)4(14,15)5(16,17)6(18,19)7(20,21)8(22,23)24/h1H. The summed E-state index contributed by atoms with van der Waals surface area (Å²) < 4.78 is 194. The molecular formula is C8HF16I. The number of hydrogen-bond donors (Lipinski definition) is 0. The van der Waals surface area contributed by atoms with Crippen LogP contribution in [0.5, 0.6) is 0 Å². The van der Waals surface area contributed by atoms with Crippen LogP contribution in [0.2, 0.25) is 0 Å². The number of alkyl halides is 17. The molecule has 0 aliphatic heterocycles. The Labute approximate surface area is 139 Å². The van der Waals surface area contributed by atoms with Crippen molar-refractivity contribution in [3.8, 4) is 0 Å². The van der Waals surface area contributed by atoms with Gasteiger partial charge in [0.25, 0.3) is 0 Å². The summed E-state index contributed by atoms with van der Waals surface area (Å²) in [5.74, 6) is -40.1. The van der Waals surface area contributed by atoms with Gasteiger partial charge in [-0.2, -0.15) is 65.9 Å². The van der Waals surface area contributed by atoms with Crippen molar-refractivity contribution in [3.05, 3.63) is 0 Å². The van der Waals surface area contributed by atoms with Gasteiger partial charge in [0.15, 0.2) is 0 Å². The summed E-state index contributed by atoms with van der Waals surface area (Å²) in [6.45, 7) is 0. The van der Waals surface area contributed by atoms with Crippen molar-refractivity contribution >= 4 is 22.6 Å². The smallest absolute Gasteiger partial charge is 0.233 e. The summed E-state index contributed by atoms with van der Waals surface area (Å²) in [7, 11) is 0. The van der Waals surface area contributed by atoms with Crippen molar-refractivity contribution in [2.24, 2.45) is 0 Å². The Morgan fingerprint density at radius 1 is 0.480 bits per heavy atom. The van der Waals surface area contributed by atoms with Crippen LogP contribution >= 0.6 is 22.6 Å². The number of rotatable bonds is 6. The van der Waals surface area contributed by atoms with E-state index in [1.807, 2.05) is 0 Å².